The van der Waals surface area contributed by atoms with Gasteiger partial charge in [-0.1, -0.05) is 30.3 Å². The molecule has 0 amide bonds. The summed E-state index contributed by atoms with van der Waals surface area (Å²) in [6, 6.07) is 10.3. The molecule has 104 valence electrons. The molecule has 3 nitrogen and oxygen atoms in total. The van der Waals surface area contributed by atoms with Gasteiger partial charge in [0.25, 0.3) is 0 Å². The lowest BCUT2D eigenvalue weighted by Crippen LogP contribution is -2.14. The Morgan fingerprint density at radius 1 is 1.20 bits per heavy atom. The normalized spacial score (nSPS) is 12.0. The molecular weight excluding hydrogens is 266 g/mol. The maximum absolute atomic E-state index is 13.8. The zero-order valence-electron chi connectivity index (χ0n) is 10.6. The predicted octanol–water partition coefficient (Wildman–Crippen LogP) is 2.84. The Balaban J connectivity index is 2.53. The topological polar surface area (TPSA) is 46.5 Å². The second kappa shape index (κ2) is 5.79. The summed E-state index contributed by atoms with van der Waals surface area (Å²) >= 11 is 0. The summed E-state index contributed by atoms with van der Waals surface area (Å²) < 4.78 is 31.8. The largest absolute Gasteiger partial charge is 0.467 e. The Morgan fingerprint density at radius 2 is 1.85 bits per heavy atom. The number of ether oxygens (including phenoxy) is 1. The van der Waals surface area contributed by atoms with Crippen LogP contribution in [0.15, 0.2) is 42.5 Å². The van der Waals surface area contributed by atoms with Crippen molar-refractivity contribution in [3.63, 3.8) is 0 Å². The van der Waals surface area contributed by atoms with Crippen LogP contribution in [0.4, 0.5) is 8.78 Å². The van der Waals surface area contributed by atoms with Crippen LogP contribution in [0, 0.1) is 11.6 Å². The van der Waals surface area contributed by atoms with Crippen molar-refractivity contribution in [1.29, 1.82) is 0 Å². The summed E-state index contributed by atoms with van der Waals surface area (Å²) in [7, 11) is 1.10. The van der Waals surface area contributed by atoms with Crippen molar-refractivity contribution in [3.05, 3.63) is 59.7 Å². The Hall–Kier alpha value is -2.27. The van der Waals surface area contributed by atoms with Gasteiger partial charge >= 0.3 is 5.97 Å². The first-order valence-corrected chi connectivity index (χ1v) is 5.85. The van der Waals surface area contributed by atoms with E-state index in [1.54, 1.807) is 30.3 Å². The molecule has 0 radical (unpaired) electrons. The smallest absolute Gasteiger partial charge is 0.339 e. The van der Waals surface area contributed by atoms with Gasteiger partial charge in [-0.15, -0.1) is 0 Å². The predicted molar refractivity (Wildman–Crippen MR) is 68.8 cm³/mol. The second-order valence-electron chi connectivity index (χ2n) is 4.16. The molecule has 0 spiro atoms. The third kappa shape index (κ3) is 2.67. The quantitative estimate of drug-likeness (QED) is 0.878. The number of carbonyl (C=O) groups excluding carboxylic acids is 1. The van der Waals surface area contributed by atoms with Crippen molar-refractivity contribution < 1.29 is 23.4 Å². The average molecular weight is 278 g/mol. The number of hydrogen-bond acceptors (Lipinski definition) is 3. The van der Waals surface area contributed by atoms with Gasteiger partial charge in [0, 0.05) is 5.56 Å². The maximum atomic E-state index is 13.8. The van der Waals surface area contributed by atoms with Crippen LogP contribution in [-0.2, 0) is 9.53 Å². The number of methoxy groups -OCH3 is 1. The molecule has 0 aliphatic carbocycles. The van der Waals surface area contributed by atoms with Crippen LogP contribution in [0.1, 0.15) is 11.7 Å². The van der Waals surface area contributed by atoms with Crippen LogP contribution in [-0.4, -0.2) is 18.2 Å². The van der Waals surface area contributed by atoms with Crippen LogP contribution < -0.4 is 0 Å². The van der Waals surface area contributed by atoms with E-state index in [2.05, 4.69) is 4.74 Å². The lowest BCUT2D eigenvalue weighted by molar-refractivity contribution is -0.150. The van der Waals surface area contributed by atoms with Gasteiger partial charge in [0.05, 0.1) is 7.11 Å². The van der Waals surface area contributed by atoms with Crippen molar-refractivity contribution in [1.82, 2.24) is 0 Å². The number of carbonyl (C=O) groups is 1. The maximum Gasteiger partial charge on any atom is 0.339 e. The summed E-state index contributed by atoms with van der Waals surface area (Å²) in [4.78, 5) is 11.3. The van der Waals surface area contributed by atoms with Gasteiger partial charge in [-0.05, 0) is 23.3 Å². The number of hydrogen-bond donors (Lipinski definition) is 1. The number of halogens is 2. The number of aliphatic hydroxyl groups is 1. The minimum absolute atomic E-state index is 0.0245. The number of rotatable bonds is 3. The van der Waals surface area contributed by atoms with Crippen molar-refractivity contribution in [2.75, 3.05) is 7.11 Å². The Labute approximate surface area is 114 Å². The molecule has 0 aliphatic heterocycles. The van der Waals surface area contributed by atoms with Crippen molar-refractivity contribution >= 4 is 5.97 Å². The molecule has 0 heterocycles. The first-order chi connectivity index (χ1) is 9.54. The van der Waals surface area contributed by atoms with Crippen molar-refractivity contribution in [3.8, 4) is 11.1 Å². The molecule has 2 rings (SSSR count). The van der Waals surface area contributed by atoms with E-state index in [-0.39, 0.29) is 11.1 Å². The molecule has 0 saturated carbocycles. The standard InChI is InChI=1S/C15H12F2O3/c1-20-15(19)14(18)10-7-11(13(17)12(16)8-10)9-5-3-2-4-6-9/h2-8,14,18H,1H3. The SMILES string of the molecule is COC(=O)C(O)c1cc(F)c(F)c(-c2ccccc2)c1. The van der Waals surface area contributed by atoms with E-state index in [0.29, 0.717) is 5.56 Å². The minimum Gasteiger partial charge on any atom is -0.467 e. The summed E-state index contributed by atoms with van der Waals surface area (Å²) in [5.74, 6) is -3.10. The van der Waals surface area contributed by atoms with E-state index < -0.39 is 23.7 Å². The zero-order valence-corrected chi connectivity index (χ0v) is 10.6. The fourth-order valence-corrected chi connectivity index (χ4v) is 1.84. The number of esters is 1. The Kier molecular flexibility index (Phi) is 4.10. The molecule has 0 bridgehead atoms. The number of benzene rings is 2. The molecule has 1 atom stereocenters. The van der Waals surface area contributed by atoms with E-state index in [1.165, 1.54) is 6.07 Å². The molecule has 1 N–H and O–H groups in total. The molecular formula is C15H12F2O3. The molecule has 5 heteroatoms. The van der Waals surface area contributed by atoms with Gasteiger partial charge in [-0.2, -0.15) is 0 Å². The summed E-state index contributed by atoms with van der Waals surface area (Å²) in [5.41, 5.74) is 0.362. The molecule has 2 aromatic carbocycles. The van der Waals surface area contributed by atoms with E-state index >= 15 is 0 Å². The van der Waals surface area contributed by atoms with Crippen LogP contribution in [0.2, 0.25) is 0 Å². The minimum atomic E-state index is -1.66. The first-order valence-electron chi connectivity index (χ1n) is 5.85. The fourth-order valence-electron chi connectivity index (χ4n) is 1.84. The summed E-state index contributed by atoms with van der Waals surface area (Å²) in [5, 5.41) is 9.71. The highest BCUT2D eigenvalue weighted by Crippen LogP contribution is 2.28. The van der Waals surface area contributed by atoms with Gasteiger partial charge in [-0.25, -0.2) is 13.6 Å². The third-order valence-corrected chi connectivity index (χ3v) is 2.88. The van der Waals surface area contributed by atoms with Crippen LogP contribution in [0.3, 0.4) is 0 Å². The third-order valence-electron chi connectivity index (χ3n) is 2.88. The first kappa shape index (κ1) is 14.1. The molecule has 2 aromatic rings. The van der Waals surface area contributed by atoms with Gasteiger partial charge in [0.1, 0.15) is 0 Å². The summed E-state index contributed by atoms with van der Waals surface area (Å²) in [6.45, 7) is 0. The number of aliphatic hydroxyl groups excluding tert-OH is 1. The molecule has 0 aromatic heterocycles. The monoisotopic (exact) mass is 278 g/mol. The van der Waals surface area contributed by atoms with E-state index in [9.17, 15) is 18.7 Å². The second-order valence-corrected chi connectivity index (χ2v) is 4.16. The van der Waals surface area contributed by atoms with E-state index in [1.807, 2.05) is 0 Å². The van der Waals surface area contributed by atoms with Gasteiger partial charge in [0.15, 0.2) is 17.7 Å². The Bertz CT molecular complexity index is 627. The lowest BCUT2D eigenvalue weighted by atomic mass is 9.99. The van der Waals surface area contributed by atoms with Gasteiger partial charge in [-0.3, -0.25) is 0 Å². The van der Waals surface area contributed by atoms with Crippen LogP contribution >= 0.6 is 0 Å². The molecule has 0 fully saturated rings. The molecule has 0 saturated heterocycles. The lowest BCUT2D eigenvalue weighted by Gasteiger charge is -2.12. The average Bonchev–Trinajstić information content (AvgIpc) is 2.49. The van der Waals surface area contributed by atoms with Crippen LogP contribution in [0.25, 0.3) is 11.1 Å². The highest BCUT2D eigenvalue weighted by atomic mass is 19.2. The fraction of sp³-hybridized carbons (Fsp3) is 0.133. The van der Waals surface area contributed by atoms with Crippen LogP contribution in [0.5, 0.6) is 0 Å². The van der Waals surface area contributed by atoms with E-state index in [0.717, 1.165) is 13.2 Å². The van der Waals surface area contributed by atoms with Gasteiger partial charge in [0.2, 0.25) is 0 Å². The van der Waals surface area contributed by atoms with Gasteiger partial charge < -0.3 is 9.84 Å². The van der Waals surface area contributed by atoms with Crippen molar-refractivity contribution in [2.24, 2.45) is 0 Å². The summed E-state index contributed by atoms with van der Waals surface area (Å²) in [6.07, 6.45) is -1.66. The Morgan fingerprint density at radius 3 is 2.45 bits per heavy atom. The highest BCUT2D eigenvalue weighted by molar-refractivity contribution is 5.77. The zero-order chi connectivity index (χ0) is 14.7. The van der Waals surface area contributed by atoms with Crippen molar-refractivity contribution in [2.45, 2.75) is 6.10 Å². The van der Waals surface area contributed by atoms with E-state index in [4.69, 9.17) is 0 Å². The molecule has 20 heavy (non-hydrogen) atoms. The molecule has 1 unspecified atom stereocenters. The molecule has 0 aliphatic rings. The highest BCUT2D eigenvalue weighted by Gasteiger charge is 2.22.